The smallest absolute Gasteiger partial charge is 0.252 e. The Hall–Kier alpha value is -2.97. The van der Waals surface area contributed by atoms with Crippen molar-refractivity contribution >= 4 is 32.3 Å². The zero-order valence-corrected chi connectivity index (χ0v) is 22.0. The molecule has 3 N–H and O–H groups in total. The van der Waals surface area contributed by atoms with E-state index >= 15 is 0 Å². The molecule has 6 nitrogen and oxygen atoms in total. The van der Waals surface area contributed by atoms with Crippen LogP contribution in [0.25, 0.3) is 10.9 Å². The number of H-pyrrole nitrogens is 1. The Morgan fingerprint density at radius 1 is 1.05 bits per heavy atom. The van der Waals surface area contributed by atoms with Gasteiger partial charge in [0.05, 0.1) is 10.5 Å². The average Bonchev–Trinajstić information content (AvgIpc) is 2.85. The van der Waals surface area contributed by atoms with E-state index in [1.54, 1.807) is 30.3 Å². The number of halogens is 1. The molecule has 3 unspecified atom stereocenters. The average molecular weight is 537 g/mol. The summed E-state index contributed by atoms with van der Waals surface area (Å²) in [5.41, 5.74) is 1.35. The Morgan fingerprint density at radius 2 is 1.78 bits per heavy atom. The summed E-state index contributed by atoms with van der Waals surface area (Å²) in [5, 5.41) is 16.9. The monoisotopic (exact) mass is 536 g/mol. The molecule has 37 heavy (non-hydrogen) atoms. The van der Waals surface area contributed by atoms with Gasteiger partial charge in [-0.15, -0.1) is 0 Å². The maximum absolute atomic E-state index is 13.4. The van der Waals surface area contributed by atoms with Crippen LogP contribution in [0, 0.1) is 0 Å². The molecule has 192 valence electrons. The highest BCUT2D eigenvalue weighted by Gasteiger charge is 2.43. The van der Waals surface area contributed by atoms with Crippen molar-refractivity contribution < 1.29 is 13.5 Å². The van der Waals surface area contributed by atoms with E-state index in [1.807, 2.05) is 30.3 Å². The van der Waals surface area contributed by atoms with Crippen molar-refractivity contribution in [1.82, 2.24) is 10.3 Å². The number of rotatable bonds is 6. The summed E-state index contributed by atoms with van der Waals surface area (Å²) in [5.74, 6) is -0.639. The van der Waals surface area contributed by atoms with Crippen LogP contribution in [0.3, 0.4) is 0 Å². The Balaban J connectivity index is 1.61. The van der Waals surface area contributed by atoms with Crippen LogP contribution in [-0.4, -0.2) is 43.0 Å². The van der Waals surface area contributed by atoms with Gasteiger partial charge in [-0.1, -0.05) is 54.1 Å². The molecule has 0 radical (unpaired) electrons. The third kappa shape index (κ3) is 5.50. The lowest BCUT2D eigenvalue weighted by atomic mass is 9.70. The molecule has 1 saturated heterocycles. The molecule has 1 aliphatic rings. The molecule has 1 fully saturated rings. The number of pyridine rings is 1. The second-order valence-corrected chi connectivity index (χ2v) is 12.4. The molecule has 0 bridgehead atoms. The highest BCUT2D eigenvalue weighted by Crippen LogP contribution is 2.41. The summed E-state index contributed by atoms with van der Waals surface area (Å²) in [6.45, 7) is 0.599. The number of hydrogen-bond acceptors (Lipinski definition) is 5. The molecule has 1 aromatic heterocycles. The third-order valence-electron chi connectivity index (χ3n) is 7.24. The van der Waals surface area contributed by atoms with Gasteiger partial charge in [-0.3, -0.25) is 4.79 Å². The number of aromatic amines is 1. The third-order valence-corrected chi connectivity index (χ3v) is 8.60. The Bertz CT molecular complexity index is 1590. The van der Waals surface area contributed by atoms with E-state index in [2.05, 4.69) is 22.4 Å². The molecule has 3 aromatic carbocycles. The fourth-order valence-corrected chi connectivity index (χ4v) is 6.26. The Labute approximate surface area is 221 Å². The number of benzene rings is 3. The minimum absolute atomic E-state index is 0.0207. The summed E-state index contributed by atoms with van der Waals surface area (Å²) in [6, 6.07) is 23.7. The van der Waals surface area contributed by atoms with Crippen molar-refractivity contribution in [3.8, 4) is 0 Å². The zero-order chi connectivity index (χ0) is 26.2. The van der Waals surface area contributed by atoms with Crippen LogP contribution in [-0.2, 0) is 16.3 Å². The van der Waals surface area contributed by atoms with Crippen LogP contribution in [0.15, 0.2) is 88.6 Å². The molecule has 0 saturated carbocycles. The van der Waals surface area contributed by atoms with Gasteiger partial charge in [-0.25, -0.2) is 8.42 Å². The molecule has 0 spiro atoms. The number of aliphatic hydroxyl groups is 1. The molecule has 0 aliphatic carbocycles. The second kappa shape index (κ2) is 10.1. The van der Waals surface area contributed by atoms with Crippen LogP contribution in [0.1, 0.15) is 35.4 Å². The maximum Gasteiger partial charge on any atom is 0.252 e. The molecule has 2 heterocycles. The molecule has 3 atom stereocenters. The number of nitrogens with one attached hydrogen (secondary N) is 2. The highest BCUT2D eigenvalue weighted by molar-refractivity contribution is 7.90. The Morgan fingerprint density at radius 3 is 2.49 bits per heavy atom. The first-order valence-electron chi connectivity index (χ1n) is 12.2. The van der Waals surface area contributed by atoms with Gasteiger partial charge in [0.25, 0.3) is 5.56 Å². The van der Waals surface area contributed by atoms with Gasteiger partial charge in [0.2, 0.25) is 0 Å². The molecule has 1 aliphatic heterocycles. The maximum atomic E-state index is 13.4. The van der Waals surface area contributed by atoms with Crippen LogP contribution < -0.4 is 10.9 Å². The number of sulfone groups is 1. The van der Waals surface area contributed by atoms with E-state index in [0.717, 1.165) is 18.2 Å². The molecule has 0 amide bonds. The lowest BCUT2D eigenvalue weighted by molar-refractivity contribution is -0.0188. The van der Waals surface area contributed by atoms with Crippen molar-refractivity contribution in [2.75, 3.05) is 12.8 Å². The first-order valence-corrected chi connectivity index (χ1v) is 14.5. The highest BCUT2D eigenvalue weighted by atomic mass is 35.5. The zero-order valence-electron chi connectivity index (χ0n) is 20.4. The molecule has 8 heteroatoms. The first kappa shape index (κ1) is 25.7. The standard InChI is InChI=1S/C29H29ClN2O4S/c1-37(35,36)24-11-12-26-21(16-24)17-25(28(33)32-26)27(20-7-9-22(30)10-8-20)29(34)13-14-31-23(18-29)15-19-5-3-2-4-6-19/h2-12,16-17,23,27,31,34H,13-15,18H2,1H3,(H,32,33). The fraction of sp³-hybridized carbons (Fsp3) is 0.276. The molecular formula is C29H29ClN2O4S. The normalized spacial score (nSPS) is 21.1. The predicted molar refractivity (Wildman–Crippen MR) is 147 cm³/mol. The molecule has 5 rings (SSSR count). The SMILES string of the molecule is CS(=O)(=O)c1ccc2[nH]c(=O)c(C(c3ccc(Cl)cc3)C3(O)CCNC(Cc4ccccc4)C3)cc2c1. The lowest BCUT2D eigenvalue weighted by Gasteiger charge is -2.43. The van der Waals surface area contributed by atoms with E-state index in [-0.39, 0.29) is 16.5 Å². The molecule has 4 aromatic rings. The number of aromatic nitrogens is 1. The number of piperidine rings is 1. The second-order valence-electron chi connectivity index (χ2n) is 9.96. The summed E-state index contributed by atoms with van der Waals surface area (Å²) >= 11 is 6.17. The van der Waals surface area contributed by atoms with Crippen LogP contribution >= 0.6 is 11.6 Å². The predicted octanol–water partition coefficient (Wildman–Crippen LogP) is 4.44. The van der Waals surface area contributed by atoms with Gasteiger partial charge in [0.15, 0.2) is 9.84 Å². The van der Waals surface area contributed by atoms with E-state index in [9.17, 15) is 18.3 Å². The minimum Gasteiger partial charge on any atom is -0.389 e. The fourth-order valence-electron chi connectivity index (χ4n) is 5.48. The van der Waals surface area contributed by atoms with Crippen LogP contribution in [0.4, 0.5) is 0 Å². The summed E-state index contributed by atoms with van der Waals surface area (Å²) in [6.07, 6.45) is 2.80. The van der Waals surface area contributed by atoms with Crippen molar-refractivity contribution in [2.45, 2.75) is 41.7 Å². The minimum atomic E-state index is -3.43. The van der Waals surface area contributed by atoms with Gasteiger partial charge >= 0.3 is 0 Å². The van der Waals surface area contributed by atoms with Crippen LogP contribution in [0.2, 0.25) is 5.02 Å². The van der Waals surface area contributed by atoms with Gasteiger partial charge in [-0.2, -0.15) is 0 Å². The van der Waals surface area contributed by atoms with Gasteiger partial charge in [-0.05, 0) is 78.7 Å². The van der Waals surface area contributed by atoms with Crippen molar-refractivity contribution in [3.05, 3.63) is 111 Å². The summed E-state index contributed by atoms with van der Waals surface area (Å²) in [7, 11) is -3.43. The Kier molecular flexibility index (Phi) is 6.98. The van der Waals surface area contributed by atoms with Gasteiger partial charge < -0.3 is 15.4 Å². The topological polar surface area (TPSA) is 99.3 Å². The number of hydrogen-bond donors (Lipinski definition) is 3. The largest absolute Gasteiger partial charge is 0.389 e. The molecular weight excluding hydrogens is 508 g/mol. The van der Waals surface area contributed by atoms with E-state index < -0.39 is 21.4 Å². The lowest BCUT2D eigenvalue weighted by Crippen LogP contribution is -2.52. The quantitative estimate of drug-likeness (QED) is 0.338. The van der Waals surface area contributed by atoms with Gasteiger partial charge in [0.1, 0.15) is 0 Å². The van der Waals surface area contributed by atoms with Crippen molar-refractivity contribution in [2.24, 2.45) is 0 Å². The van der Waals surface area contributed by atoms with Crippen LogP contribution in [0.5, 0.6) is 0 Å². The number of fused-ring (bicyclic) bond motifs is 1. The van der Waals surface area contributed by atoms with E-state index in [1.165, 1.54) is 11.6 Å². The van der Waals surface area contributed by atoms with Crippen molar-refractivity contribution in [1.29, 1.82) is 0 Å². The van der Waals surface area contributed by atoms with E-state index in [4.69, 9.17) is 11.6 Å². The van der Waals surface area contributed by atoms with Crippen molar-refractivity contribution in [3.63, 3.8) is 0 Å². The summed E-state index contributed by atoms with van der Waals surface area (Å²) < 4.78 is 24.3. The van der Waals surface area contributed by atoms with Gasteiger partial charge in [0, 0.05) is 34.3 Å². The first-order chi connectivity index (χ1) is 17.6. The summed E-state index contributed by atoms with van der Waals surface area (Å²) in [4.78, 5) is 16.5. The van der Waals surface area contributed by atoms with E-state index in [0.29, 0.717) is 40.9 Å².